The summed E-state index contributed by atoms with van der Waals surface area (Å²) in [7, 11) is 0. The minimum Gasteiger partial charge on any atom is -0.461 e. The van der Waals surface area contributed by atoms with Crippen LogP contribution in [0.15, 0.2) is 90.2 Å². The van der Waals surface area contributed by atoms with Crippen molar-refractivity contribution in [1.82, 2.24) is 0 Å². The van der Waals surface area contributed by atoms with Gasteiger partial charge in [-0.3, -0.25) is 4.79 Å². The van der Waals surface area contributed by atoms with E-state index in [-0.39, 0.29) is 17.1 Å². The van der Waals surface area contributed by atoms with Crippen molar-refractivity contribution in [3.05, 3.63) is 101 Å². The number of hydrogen-bond acceptors (Lipinski definition) is 2. The number of benzene rings is 4. The van der Waals surface area contributed by atoms with Gasteiger partial charge in [0.2, 0.25) is 0 Å². The molecule has 0 radical (unpaired) electrons. The smallest absolute Gasteiger partial charge is 0.163 e. The van der Waals surface area contributed by atoms with E-state index in [0.29, 0.717) is 6.42 Å². The van der Waals surface area contributed by atoms with Gasteiger partial charge in [0.05, 0.1) is 0 Å². The molecule has 152 valence electrons. The van der Waals surface area contributed by atoms with E-state index in [9.17, 15) is 4.79 Å². The highest BCUT2D eigenvalue weighted by Crippen LogP contribution is 2.52. The lowest BCUT2D eigenvalue weighted by atomic mass is 9.69. The summed E-state index contributed by atoms with van der Waals surface area (Å²) < 4.78 is 6.45. The molecule has 2 heteroatoms. The molecule has 2 nitrogen and oxygen atoms in total. The first-order valence-corrected chi connectivity index (χ1v) is 10.9. The third-order valence-corrected chi connectivity index (χ3v) is 6.73. The Hall–Kier alpha value is -3.39. The van der Waals surface area contributed by atoms with Crippen LogP contribution in [0.25, 0.3) is 21.5 Å². The third kappa shape index (κ3) is 2.90. The van der Waals surface area contributed by atoms with Crippen LogP contribution in [-0.4, -0.2) is 5.78 Å². The van der Waals surface area contributed by atoms with Gasteiger partial charge >= 0.3 is 0 Å². The van der Waals surface area contributed by atoms with E-state index in [1.54, 1.807) is 0 Å². The Kier molecular flexibility index (Phi) is 3.89. The molecular formula is C29H24O2. The molecule has 1 unspecified atom stereocenters. The molecule has 0 aromatic heterocycles. The highest BCUT2D eigenvalue weighted by molar-refractivity contribution is 6.02. The van der Waals surface area contributed by atoms with Crippen LogP contribution in [0.3, 0.4) is 0 Å². The van der Waals surface area contributed by atoms with Crippen molar-refractivity contribution in [3.8, 4) is 5.75 Å². The largest absolute Gasteiger partial charge is 0.461 e. The van der Waals surface area contributed by atoms with Crippen LogP contribution in [0.5, 0.6) is 5.75 Å². The number of Topliss-reactive ketones (excluding diaryl/α,β-unsaturated/α-hetero) is 1. The zero-order valence-electron chi connectivity index (χ0n) is 17.8. The van der Waals surface area contributed by atoms with E-state index < -0.39 is 0 Å². The van der Waals surface area contributed by atoms with E-state index >= 15 is 0 Å². The zero-order valence-corrected chi connectivity index (χ0v) is 17.8. The molecule has 4 aromatic carbocycles. The zero-order chi connectivity index (χ0) is 21.2. The third-order valence-electron chi connectivity index (χ3n) is 6.73. The van der Waals surface area contributed by atoms with E-state index in [1.165, 1.54) is 16.2 Å². The van der Waals surface area contributed by atoms with Gasteiger partial charge in [0.25, 0.3) is 0 Å². The van der Waals surface area contributed by atoms with Gasteiger partial charge in [0.15, 0.2) is 5.78 Å². The van der Waals surface area contributed by atoms with Crippen molar-refractivity contribution in [2.45, 2.75) is 32.6 Å². The van der Waals surface area contributed by atoms with Gasteiger partial charge in [0, 0.05) is 29.9 Å². The summed E-state index contributed by atoms with van der Waals surface area (Å²) in [6.07, 6.45) is 1.34. The van der Waals surface area contributed by atoms with Crippen LogP contribution in [0.4, 0.5) is 0 Å². The SMILES string of the molecule is CC1(C)CC(=O)C2=C(C1)Oc1ccc3ccccc3c1C2c1ccc2ccccc2c1. The Morgan fingerprint density at radius 1 is 0.806 bits per heavy atom. The van der Waals surface area contributed by atoms with Crippen molar-refractivity contribution in [2.24, 2.45) is 5.41 Å². The molecule has 1 atom stereocenters. The molecule has 0 bridgehead atoms. The van der Waals surface area contributed by atoms with Crippen LogP contribution in [0.2, 0.25) is 0 Å². The first kappa shape index (κ1) is 18.4. The summed E-state index contributed by atoms with van der Waals surface area (Å²) in [6, 6.07) is 27.6. The summed E-state index contributed by atoms with van der Waals surface area (Å²) in [5.41, 5.74) is 3.02. The van der Waals surface area contributed by atoms with E-state index in [2.05, 4.69) is 92.7 Å². The predicted octanol–water partition coefficient (Wildman–Crippen LogP) is 7.16. The molecule has 6 rings (SSSR count). The van der Waals surface area contributed by atoms with Gasteiger partial charge < -0.3 is 4.74 Å². The predicted molar refractivity (Wildman–Crippen MR) is 125 cm³/mol. The Morgan fingerprint density at radius 2 is 1.52 bits per heavy atom. The second kappa shape index (κ2) is 6.55. The molecule has 1 heterocycles. The fourth-order valence-corrected chi connectivity index (χ4v) is 5.35. The summed E-state index contributed by atoms with van der Waals surface area (Å²) in [5, 5.41) is 4.73. The minimum absolute atomic E-state index is 0.0851. The number of ether oxygens (including phenoxy) is 1. The van der Waals surface area contributed by atoms with Crippen molar-refractivity contribution in [3.63, 3.8) is 0 Å². The number of allylic oxidation sites excluding steroid dienone is 2. The van der Waals surface area contributed by atoms with Crippen LogP contribution < -0.4 is 4.74 Å². The summed E-state index contributed by atoms with van der Waals surface area (Å²) in [5.74, 6) is 1.82. The lowest BCUT2D eigenvalue weighted by Crippen LogP contribution is -2.33. The first-order chi connectivity index (χ1) is 15.0. The number of carbonyl (C=O) groups excluding carboxylic acids is 1. The van der Waals surface area contributed by atoms with E-state index in [4.69, 9.17) is 4.74 Å². The standard InChI is InChI=1S/C29H24O2/c1-29(2)16-23(30)28-25(17-29)31-24-14-13-19-8-5-6-10-22(19)27(24)26(28)21-12-11-18-7-3-4-9-20(18)15-21/h3-15,26H,16-17H2,1-2H3. The number of ketones is 1. The monoisotopic (exact) mass is 404 g/mol. The topological polar surface area (TPSA) is 26.3 Å². The molecule has 2 aliphatic rings. The lowest BCUT2D eigenvalue weighted by molar-refractivity contribution is -0.118. The quantitative estimate of drug-likeness (QED) is 0.336. The first-order valence-electron chi connectivity index (χ1n) is 10.9. The normalized spacial score (nSPS) is 19.8. The number of carbonyl (C=O) groups is 1. The maximum absolute atomic E-state index is 13.5. The van der Waals surface area contributed by atoms with Crippen LogP contribution in [0.1, 0.15) is 43.7 Å². The van der Waals surface area contributed by atoms with Crippen LogP contribution in [-0.2, 0) is 4.79 Å². The van der Waals surface area contributed by atoms with E-state index in [1.807, 2.05) is 0 Å². The molecule has 0 N–H and O–H groups in total. The lowest BCUT2D eigenvalue weighted by Gasteiger charge is -2.38. The molecule has 0 fully saturated rings. The molecule has 1 aliphatic heterocycles. The number of rotatable bonds is 1. The van der Waals surface area contributed by atoms with Crippen LogP contribution >= 0.6 is 0 Å². The van der Waals surface area contributed by atoms with Gasteiger partial charge in [-0.2, -0.15) is 0 Å². The maximum atomic E-state index is 13.5. The van der Waals surface area contributed by atoms with Crippen molar-refractivity contribution < 1.29 is 9.53 Å². The van der Waals surface area contributed by atoms with Crippen molar-refractivity contribution in [1.29, 1.82) is 0 Å². The van der Waals surface area contributed by atoms with E-state index in [0.717, 1.165) is 40.0 Å². The number of hydrogen-bond donors (Lipinski definition) is 0. The Balaban J connectivity index is 1.66. The average Bonchev–Trinajstić information content (AvgIpc) is 2.76. The molecule has 0 saturated carbocycles. The highest BCUT2D eigenvalue weighted by atomic mass is 16.5. The summed E-state index contributed by atoms with van der Waals surface area (Å²) in [4.78, 5) is 13.5. The molecule has 0 amide bonds. The molecule has 0 saturated heterocycles. The van der Waals surface area contributed by atoms with Gasteiger partial charge in [-0.15, -0.1) is 0 Å². The average molecular weight is 405 g/mol. The molecular weight excluding hydrogens is 380 g/mol. The highest BCUT2D eigenvalue weighted by Gasteiger charge is 2.42. The Labute approximate surface area is 182 Å². The number of fused-ring (bicyclic) bond motifs is 4. The minimum atomic E-state index is -0.113. The molecule has 0 spiro atoms. The molecule has 1 aliphatic carbocycles. The second-order valence-corrected chi connectivity index (χ2v) is 9.62. The summed E-state index contributed by atoms with van der Waals surface area (Å²) in [6.45, 7) is 4.30. The van der Waals surface area contributed by atoms with Gasteiger partial charge in [-0.1, -0.05) is 86.6 Å². The Bertz CT molecular complexity index is 1410. The second-order valence-electron chi connectivity index (χ2n) is 9.62. The van der Waals surface area contributed by atoms with Gasteiger partial charge in [-0.25, -0.2) is 0 Å². The summed E-state index contributed by atoms with van der Waals surface area (Å²) >= 11 is 0. The Morgan fingerprint density at radius 3 is 2.35 bits per heavy atom. The maximum Gasteiger partial charge on any atom is 0.163 e. The van der Waals surface area contributed by atoms with Gasteiger partial charge in [0.1, 0.15) is 11.5 Å². The van der Waals surface area contributed by atoms with Crippen molar-refractivity contribution >= 4 is 27.3 Å². The van der Waals surface area contributed by atoms with Crippen molar-refractivity contribution in [2.75, 3.05) is 0 Å². The van der Waals surface area contributed by atoms with Gasteiger partial charge in [-0.05, 0) is 38.6 Å². The molecule has 4 aromatic rings. The molecule has 31 heavy (non-hydrogen) atoms. The van der Waals surface area contributed by atoms with Crippen LogP contribution in [0, 0.1) is 5.41 Å². The fourth-order valence-electron chi connectivity index (χ4n) is 5.35. The fraction of sp³-hybridized carbons (Fsp3) is 0.207.